The maximum Gasteiger partial charge on any atom is 0.304 e. The van der Waals surface area contributed by atoms with Crippen molar-refractivity contribution in [2.24, 2.45) is 38.9 Å². The van der Waals surface area contributed by atoms with Crippen LogP contribution in [0.4, 0.5) is 0 Å². The van der Waals surface area contributed by atoms with Crippen molar-refractivity contribution < 1.29 is 70.9 Å². The zero-order valence-electron chi connectivity index (χ0n) is 44.8. The van der Waals surface area contributed by atoms with Gasteiger partial charge < -0.3 is 0 Å². The van der Waals surface area contributed by atoms with Crippen LogP contribution in [0.1, 0.15) is 150 Å². The summed E-state index contributed by atoms with van der Waals surface area (Å²) in [5.41, 5.74) is -1.42. The minimum atomic E-state index is -3.61. The second kappa shape index (κ2) is 23.8. The Morgan fingerprint density at radius 2 is 1.01 bits per heavy atom. The van der Waals surface area contributed by atoms with E-state index in [1.807, 2.05) is 123 Å². The first-order valence-electron chi connectivity index (χ1n) is 22.8. The molecule has 72 heavy (non-hydrogen) atoms. The van der Waals surface area contributed by atoms with E-state index in [1.165, 1.54) is 0 Å². The third-order valence-electron chi connectivity index (χ3n) is 11.6. The number of amides is 6. The quantitative estimate of drug-likeness (QED) is 0.178. The Labute approximate surface area is 433 Å². The van der Waals surface area contributed by atoms with Crippen LogP contribution in [0.15, 0.2) is 0 Å². The van der Waals surface area contributed by atoms with Gasteiger partial charge in [-0.3, -0.25) is 47.7 Å². The van der Waals surface area contributed by atoms with Gasteiger partial charge in [0.25, 0.3) is 0 Å². The van der Waals surface area contributed by atoms with Gasteiger partial charge in [-0.15, -0.1) is 0 Å². The van der Waals surface area contributed by atoms with Gasteiger partial charge in [0.15, 0.2) is 0 Å². The summed E-state index contributed by atoms with van der Waals surface area (Å²) in [6.07, 6.45) is 0.993. The third kappa shape index (κ3) is 22.0. The first-order valence-corrected chi connectivity index (χ1v) is 31.5. The number of nitrogens with zero attached hydrogens (tertiary/aromatic N) is 1. The molecule has 0 aromatic carbocycles. The maximum atomic E-state index is 11.3. The van der Waals surface area contributed by atoms with E-state index in [0.717, 1.165) is 4.31 Å². The molecule has 30 heteroatoms. The van der Waals surface area contributed by atoms with Gasteiger partial charge in [0.1, 0.15) is 22.0 Å². The van der Waals surface area contributed by atoms with Crippen LogP contribution < -0.4 is 33.1 Å². The molecule has 6 aliphatic heterocycles. The fraction of sp³-hybridized carbons (Fsp3) is 0.857. The second-order valence-corrected chi connectivity index (χ2v) is 33.7. The molecule has 7 atom stereocenters. The predicted octanol–water partition coefficient (Wildman–Crippen LogP) is 0.993. The monoisotopic (exact) mass is 1140 g/mol. The van der Waals surface area contributed by atoms with Crippen molar-refractivity contribution in [1.29, 1.82) is 0 Å². The Morgan fingerprint density at radius 1 is 0.514 bits per heavy atom. The molecule has 6 fully saturated rings. The number of rotatable bonds is 0. The average Bonchev–Trinajstić information content (AvgIpc) is 3.82. The molecule has 420 valence electrons. The van der Waals surface area contributed by atoms with Crippen molar-refractivity contribution in [2.45, 2.75) is 172 Å². The Hall–Kier alpha value is -3.16. The molecule has 0 saturated carbocycles. The summed E-state index contributed by atoms with van der Waals surface area (Å²) < 4.78 is 128. The summed E-state index contributed by atoms with van der Waals surface area (Å²) in [4.78, 5) is 65.6. The number of hydrogen-bond acceptors (Lipinski definition) is 16. The van der Waals surface area contributed by atoms with Crippen LogP contribution in [0.2, 0.25) is 0 Å². The lowest BCUT2D eigenvalue weighted by Gasteiger charge is -2.33. The van der Waals surface area contributed by atoms with E-state index in [9.17, 15) is 70.9 Å². The number of carbonyl (C=O) groups is 6. The van der Waals surface area contributed by atoms with Gasteiger partial charge in [0, 0.05) is 37.3 Å². The molecule has 0 bridgehead atoms. The maximum absolute atomic E-state index is 11.3. The van der Waals surface area contributed by atoms with Gasteiger partial charge in [-0.1, -0.05) is 104 Å². The van der Waals surface area contributed by atoms with Crippen LogP contribution in [-0.4, -0.2) is 122 Å². The standard InChI is InChI=1S/C8H15NO3S.C7H14N2O3S.C7H13NO3S.2C7H13NO2S.C6H12N2O3S/c1-8(2,3)6-4-7(10)9-13(11,12)5-6;1-7(2,3)5-4-6(10)9-13(11,12)8-5;1-7(2,3)5-4-6(9)8-12(5,10)11;1-7(2,3)5-4-11(10)8-6(5)9;1-7(2,3)5-4-6(9)8-11(5)10;1-6(2,3)8-4-5(9)7-12(8,10)11/h6H,4-5H2,1-3H3,(H,9,10);5,8H,4H2,1-3H3,(H,9,10);5H,4H2,1-3H3,(H,8,9);2*5H,4H2,1-3H3,(H,8,9);4H2,1-3H3,(H,7,9). The van der Waals surface area contributed by atoms with Gasteiger partial charge >= 0.3 is 20.4 Å². The van der Waals surface area contributed by atoms with Crippen molar-refractivity contribution in [3.63, 3.8) is 0 Å². The second-order valence-electron chi connectivity index (χ2n) is 24.5. The van der Waals surface area contributed by atoms with Gasteiger partial charge in [-0.05, 0) is 53.8 Å². The van der Waals surface area contributed by atoms with E-state index in [4.69, 9.17) is 0 Å². The lowest BCUT2D eigenvalue weighted by atomic mass is 9.80. The highest BCUT2D eigenvalue weighted by Crippen LogP contribution is 2.33. The minimum absolute atomic E-state index is 0.0324. The first kappa shape index (κ1) is 66.9. The SMILES string of the molecule is CC(C)(C)C1CC(=O)NS(=O)(=O)C1.CC(C)(C)C1CC(=O)NS(=O)(=O)N1.CC(C)(C)C1CC(=O)NS1(=O)=O.CC(C)(C)C1CC(=O)NS1=O.CC(C)(C)C1CS(=O)NC1=O.CC(C)(C)N1CC(=O)NS1(=O)=O. The van der Waals surface area contributed by atoms with E-state index in [1.54, 1.807) is 20.8 Å². The van der Waals surface area contributed by atoms with Crippen LogP contribution in [0, 0.1) is 38.9 Å². The molecule has 0 spiro atoms. The molecule has 24 nitrogen and oxygen atoms in total. The van der Waals surface area contributed by atoms with Crippen molar-refractivity contribution >= 4 is 97.9 Å². The van der Waals surface area contributed by atoms with Crippen molar-refractivity contribution in [3.05, 3.63) is 0 Å². The Morgan fingerprint density at radius 3 is 1.26 bits per heavy atom. The normalized spacial score (nSPS) is 28.8. The summed E-state index contributed by atoms with van der Waals surface area (Å²) in [6.45, 7) is 34.0. The number of nitrogens with one attached hydrogen (secondary N) is 7. The zero-order valence-corrected chi connectivity index (χ0v) is 49.7. The summed E-state index contributed by atoms with van der Waals surface area (Å²) in [6, 6.07) is -0.328. The number of carbonyl (C=O) groups excluding carboxylic acids is 6. The molecule has 7 N–H and O–H groups in total. The highest BCUT2D eigenvalue weighted by molar-refractivity contribution is 7.91. The third-order valence-corrected chi connectivity index (χ3v) is 20.8. The number of sulfonamides is 2. The van der Waals surface area contributed by atoms with Crippen LogP contribution in [0.5, 0.6) is 0 Å². The Kier molecular flexibility index (Phi) is 22.1. The summed E-state index contributed by atoms with van der Waals surface area (Å²) in [5.74, 6) is -1.51. The Bertz CT molecular complexity index is 2370. The smallest absolute Gasteiger partial charge is 0.275 e. The topological polar surface area (TPSA) is 361 Å². The van der Waals surface area contributed by atoms with Gasteiger partial charge in [-0.25, -0.2) is 34.7 Å². The molecule has 6 rings (SSSR count). The van der Waals surface area contributed by atoms with Crippen molar-refractivity contribution in [1.82, 2.24) is 37.4 Å². The van der Waals surface area contributed by atoms with Crippen molar-refractivity contribution in [3.8, 4) is 0 Å². The largest absolute Gasteiger partial charge is 0.304 e. The molecule has 6 aliphatic rings. The molecule has 0 aromatic heterocycles. The molecule has 0 aliphatic carbocycles. The van der Waals surface area contributed by atoms with E-state index in [0.29, 0.717) is 18.6 Å². The van der Waals surface area contributed by atoms with E-state index in [2.05, 4.69) is 14.2 Å². The van der Waals surface area contributed by atoms with Gasteiger partial charge in [0.05, 0.1) is 34.5 Å². The van der Waals surface area contributed by atoms with Crippen molar-refractivity contribution in [2.75, 3.05) is 18.1 Å². The minimum Gasteiger partial charge on any atom is -0.275 e. The van der Waals surface area contributed by atoms with Crippen LogP contribution in [0.3, 0.4) is 0 Å². The molecule has 6 saturated heterocycles. The predicted molar refractivity (Wildman–Crippen MR) is 274 cm³/mol. The molecule has 6 amide bonds. The first-order chi connectivity index (χ1) is 31.7. The molecule has 6 heterocycles. The molecular formula is C42H80N8O16S6. The average molecular weight is 1150 g/mol. The van der Waals surface area contributed by atoms with Gasteiger partial charge in [-0.2, -0.15) is 25.9 Å². The fourth-order valence-corrected chi connectivity index (χ4v) is 16.1. The molecule has 0 radical (unpaired) electrons. The molecule has 7 unspecified atom stereocenters. The Balaban J connectivity index is 0.000000432. The molecule has 0 aromatic rings. The highest BCUT2D eigenvalue weighted by atomic mass is 32.2. The highest BCUT2D eigenvalue weighted by Gasteiger charge is 2.45. The lowest BCUT2D eigenvalue weighted by molar-refractivity contribution is -0.124. The molecular weight excluding hydrogens is 1060 g/mol. The van der Waals surface area contributed by atoms with Crippen LogP contribution >= 0.6 is 0 Å². The number of hydrogen-bond donors (Lipinski definition) is 7. The van der Waals surface area contributed by atoms with Crippen LogP contribution in [0.25, 0.3) is 0 Å². The van der Waals surface area contributed by atoms with Crippen LogP contribution in [-0.2, 0) is 91.2 Å². The summed E-state index contributed by atoms with van der Waals surface area (Å²) >= 11 is 0. The zero-order chi connectivity index (χ0) is 57.0. The van der Waals surface area contributed by atoms with Gasteiger partial charge in [0.2, 0.25) is 55.5 Å². The lowest BCUT2D eigenvalue weighted by Crippen LogP contribution is -2.56. The summed E-state index contributed by atoms with van der Waals surface area (Å²) in [5, 5.41) is -0.618. The fourth-order valence-electron chi connectivity index (χ4n) is 7.04. The summed E-state index contributed by atoms with van der Waals surface area (Å²) in [7, 11) is -16.2. The van der Waals surface area contributed by atoms with E-state index < -0.39 is 90.9 Å². The van der Waals surface area contributed by atoms with E-state index in [-0.39, 0.29) is 93.1 Å². The van der Waals surface area contributed by atoms with E-state index >= 15 is 0 Å².